The van der Waals surface area contributed by atoms with Crippen LogP contribution in [-0.2, 0) is 9.63 Å². The molecule has 0 aliphatic carbocycles. The van der Waals surface area contributed by atoms with Crippen LogP contribution in [0.4, 0.5) is 4.39 Å². The average molecular weight is 388 g/mol. The number of carbonyl (C=O) groups excluding carboxylic acids is 1. The summed E-state index contributed by atoms with van der Waals surface area (Å²) in [4.78, 5) is 21.4. The van der Waals surface area contributed by atoms with Crippen LogP contribution in [0.3, 0.4) is 0 Å². The molecule has 1 fully saturated rings. The summed E-state index contributed by atoms with van der Waals surface area (Å²) in [6, 6.07) is 5.80. The number of ether oxygens (including phenoxy) is 1. The SMILES string of the molecule is CC1=C(C=O)C(C)ON1N1CCC[C@H](c2nc(Oc3cccc(F)c3)no2)C1. The van der Waals surface area contributed by atoms with Gasteiger partial charge in [-0.1, -0.05) is 6.07 Å². The summed E-state index contributed by atoms with van der Waals surface area (Å²) in [5.41, 5.74) is 1.44. The molecule has 2 atom stereocenters. The van der Waals surface area contributed by atoms with E-state index in [2.05, 4.69) is 10.1 Å². The minimum absolute atomic E-state index is 0.00176. The van der Waals surface area contributed by atoms with E-state index in [0.29, 0.717) is 23.8 Å². The molecule has 148 valence electrons. The van der Waals surface area contributed by atoms with Crippen LogP contribution in [0, 0.1) is 5.82 Å². The summed E-state index contributed by atoms with van der Waals surface area (Å²) in [7, 11) is 0. The Bertz CT molecular complexity index is 900. The van der Waals surface area contributed by atoms with E-state index in [1.165, 1.54) is 12.1 Å². The molecule has 0 N–H and O–H groups in total. The molecule has 2 aromatic rings. The molecule has 1 aromatic carbocycles. The van der Waals surface area contributed by atoms with Gasteiger partial charge >= 0.3 is 6.01 Å². The Labute approximate surface area is 161 Å². The molecule has 3 heterocycles. The summed E-state index contributed by atoms with van der Waals surface area (Å²) in [5.74, 6) is 0.361. The molecule has 28 heavy (non-hydrogen) atoms. The summed E-state index contributed by atoms with van der Waals surface area (Å²) in [5, 5.41) is 7.57. The number of rotatable bonds is 5. The van der Waals surface area contributed by atoms with Gasteiger partial charge in [-0.3, -0.25) is 4.79 Å². The van der Waals surface area contributed by atoms with E-state index in [-0.39, 0.29) is 18.0 Å². The number of benzene rings is 1. The monoisotopic (exact) mass is 388 g/mol. The van der Waals surface area contributed by atoms with E-state index in [0.717, 1.165) is 31.4 Å². The smallest absolute Gasteiger partial charge is 0.359 e. The second-order valence-corrected chi connectivity index (χ2v) is 6.91. The van der Waals surface area contributed by atoms with Gasteiger partial charge in [0.1, 0.15) is 17.7 Å². The quantitative estimate of drug-likeness (QED) is 0.723. The number of hydrazine groups is 1. The molecule has 0 saturated carbocycles. The first-order valence-electron chi connectivity index (χ1n) is 9.20. The summed E-state index contributed by atoms with van der Waals surface area (Å²) >= 11 is 0. The van der Waals surface area contributed by atoms with Gasteiger partial charge in [0, 0.05) is 24.7 Å². The lowest BCUT2D eigenvalue weighted by Gasteiger charge is -2.37. The highest BCUT2D eigenvalue weighted by Crippen LogP contribution is 2.33. The van der Waals surface area contributed by atoms with E-state index in [1.54, 1.807) is 17.3 Å². The fourth-order valence-corrected chi connectivity index (χ4v) is 3.54. The molecule has 2 aliphatic rings. The standard InChI is InChI=1S/C19H21FN4O4/c1-12-17(11-25)13(2)28-24(12)23-8-4-5-14(10-23)18-21-19(22-27-18)26-16-7-3-6-15(20)9-16/h3,6-7,9,11,13-14H,4-5,8,10H2,1-2H3/t13?,14-/m0/s1. The zero-order chi connectivity index (χ0) is 19.7. The van der Waals surface area contributed by atoms with Gasteiger partial charge in [-0.05, 0) is 44.0 Å². The highest BCUT2D eigenvalue weighted by molar-refractivity contribution is 5.76. The first-order valence-corrected chi connectivity index (χ1v) is 9.20. The largest absolute Gasteiger partial charge is 0.422 e. The maximum atomic E-state index is 13.3. The lowest BCUT2D eigenvalue weighted by Crippen LogP contribution is -2.45. The molecule has 4 rings (SSSR count). The van der Waals surface area contributed by atoms with Crippen molar-refractivity contribution in [2.45, 2.75) is 38.7 Å². The van der Waals surface area contributed by atoms with Gasteiger partial charge < -0.3 is 9.26 Å². The molecular formula is C19H21FN4O4. The minimum atomic E-state index is -0.401. The predicted octanol–water partition coefficient (Wildman–Crippen LogP) is 3.20. The summed E-state index contributed by atoms with van der Waals surface area (Å²) < 4.78 is 24.1. The fraction of sp³-hybridized carbons (Fsp3) is 0.421. The zero-order valence-corrected chi connectivity index (χ0v) is 15.7. The van der Waals surface area contributed by atoms with Gasteiger partial charge in [-0.2, -0.15) is 15.2 Å². The molecule has 2 aliphatic heterocycles. The van der Waals surface area contributed by atoms with E-state index in [9.17, 15) is 9.18 Å². The van der Waals surface area contributed by atoms with Crippen LogP contribution in [0.5, 0.6) is 11.8 Å². The summed E-state index contributed by atoms with van der Waals surface area (Å²) in [6.07, 6.45) is 2.36. The number of allylic oxidation sites excluding steroid dienone is 1. The topological polar surface area (TPSA) is 80.9 Å². The third-order valence-electron chi connectivity index (χ3n) is 4.96. The number of hydroxylamine groups is 1. The second-order valence-electron chi connectivity index (χ2n) is 6.91. The predicted molar refractivity (Wildman–Crippen MR) is 95.5 cm³/mol. The number of nitrogens with zero attached hydrogens (tertiary/aromatic N) is 4. The van der Waals surface area contributed by atoms with Crippen molar-refractivity contribution in [3.05, 3.63) is 47.2 Å². The first kappa shape index (κ1) is 18.6. The number of hydrogen-bond donors (Lipinski definition) is 0. The Hall–Kier alpha value is -2.78. The Morgan fingerprint density at radius 3 is 3.00 bits per heavy atom. The van der Waals surface area contributed by atoms with Gasteiger partial charge in [-0.25, -0.2) is 9.23 Å². The molecule has 1 aromatic heterocycles. The zero-order valence-electron chi connectivity index (χ0n) is 15.7. The number of hydrogen-bond acceptors (Lipinski definition) is 8. The number of piperidine rings is 1. The maximum absolute atomic E-state index is 13.3. The fourth-order valence-electron chi connectivity index (χ4n) is 3.54. The van der Waals surface area contributed by atoms with Crippen LogP contribution in [0.1, 0.15) is 38.5 Å². The van der Waals surface area contributed by atoms with Crippen molar-refractivity contribution in [2.75, 3.05) is 13.1 Å². The van der Waals surface area contributed by atoms with Crippen molar-refractivity contribution in [1.29, 1.82) is 0 Å². The molecule has 0 bridgehead atoms. The Morgan fingerprint density at radius 1 is 1.39 bits per heavy atom. The number of halogens is 1. The van der Waals surface area contributed by atoms with Crippen LogP contribution in [0.2, 0.25) is 0 Å². The number of carbonyl (C=O) groups is 1. The van der Waals surface area contributed by atoms with Crippen LogP contribution >= 0.6 is 0 Å². The van der Waals surface area contributed by atoms with E-state index in [1.807, 2.05) is 18.9 Å². The van der Waals surface area contributed by atoms with Crippen molar-refractivity contribution >= 4 is 6.29 Å². The third-order valence-corrected chi connectivity index (χ3v) is 4.96. The third kappa shape index (κ3) is 3.63. The van der Waals surface area contributed by atoms with Crippen molar-refractivity contribution in [3.8, 4) is 11.8 Å². The van der Waals surface area contributed by atoms with Gasteiger partial charge in [0.05, 0.1) is 11.6 Å². The second kappa shape index (κ2) is 7.69. The van der Waals surface area contributed by atoms with E-state index < -0.39 is 5.82 Å². The van der Waals surface area contributed by atoms with E-state index >= 15 is 0 Å². The molecule has 0 amide bonds. The minimum Gasteiger partial charge on any atom is -0.422 e. The Balaban J connectivity index is 1.45. The van der Waals surface area contributed by atoms with Crippen molar-refractivity contribution in [2.24, 2.45) is 0 Å². The van der Waals surface area contributed by atoms with Gasteiger partial charge in [0.2, 0.25) is 5.89 Å². The molecule has 9 heteroatoms. The molecule has 0 radical (unpaired) electrons. The van der Waals surface area contributed by atoms with Gasteiger partial charge in [0.25, 0.3) is 0 Å². The van der Waals surface area contributed by atoms with Crippen molar-refractivity contribution < 1.29 is 23.3 Å². The molecular weight excluding hydrogens is 367 g/mol. The normalized spacial score (nSPS) is 23.3. The highest BCUT2D eigenvalue weighted by atomic mass is 19.1. The first-order chi connectivity index (χ1) is 13.5. The summed E-state index contributed by atoms with van der Waals surface area (Å²) in [6.45, 7) is 5.13. The number of aldehydes is 1. The number of aromatic nitrogens is 2. The maximum Gasteiger partial charge on any atom is 0.359 e. The Morgan fingerprint density at radius 2 is 2.25 bits per heavy atom. The van der Waals surface area contributed by atoms with Gasteiger partial charge in [-0.15, -0.1) is 0 Å². The van der Waals surface area contributed by atoms with Crippen LogP contribution in [-0.4, -0.2) is 45.8 Å². The van der Waals surface area contributed by atoms with Crippen LogP contribution in [0.15, 0.2) is 40.1 Å². The molecule has 1 saturated heterocycles. The van der Waals surface area contributed by atoms with Gasteiger partial charge in [0.15, 0.2) is 6.29 Å². The molecule has 8 nitrogen and oxygen atoms in total. The van der Waals surface area contributed by atoms with Crippen LogP contribution < -0.4 is 4.74 Å². The molecule has 1 unspecified atom stereocenters. The highest BCUT2D eigenvalue weighted by Gasteiger charge is 2.35. The van der Waals surface area contributed by atoms with E-state index in [4.69, 9.17) is 14.1 Å². The van der Waals surface area contributed by atoms with Crippen molar-refractivity contribution in [3.63, 3.8) is 0 Å². The van der Waals surface area contributed by atoms with Crippen molar-refractivity contribution in [1.82, 2.24) is 20.3 Å². The average Bonchev–Trinajstić information content (AvgIpc) is 3.26. The van der Waals surface area contributed by atoms with Crippen LogP contribution in [0.25, 0.3) is 0 Å². The Kier molecular flexibility index (Phi) is 5.10. The lowest BCUT2D eigenvalue weighted by atomic mass is 9.99. The lowest BCUT2D eigenvalue weighted by molar-refractivity contribution is -0.264. The molecule has 0 spiro atoms.